The molecule has 0 heterocycles. The van der Waals surface area contributed by atoms with E-state index in [1.54, 1.807) is 37.0 Å². The van der Waals surface area contributed by atoms with Gasteiger partial charge in [-0.05, 0) is 24.5 Å². The van der Waals surface area contributed by atoms with Gasteiger partial charge in [-0.25, -0.2) is 8.42 Å². The maximum absolute atomic E-state index is 11.2. The van der Waals surface area contributed by atoms with Crippen LogP contribution in [-0.2, 0) is 30.7 Å². The zero-order valence-electron chi connectivity index (χ0n) is 17.5. The van der Waals surface area contributed by atoms with Crippen molar-refractivity contribution in [2.24, 2.45) is 0 Å². The number of hydrogen-bond acceptors (Lipinski definition) is 4. The van der Waals surface area contributed by atoms with Gasteiger partial charge in [0.2, 0.25) is 0 Å². The van der Waals surface area contributed by atoms with Crippen molar-refractivity contribution in [2.45, 2.75) is 82.4 Å². The van der Waals surface area contributed by atoms with Crippen LogP contribution in [0.15, 0.2) is 29.2 Å². The van der Waals surface area contributed by atoms with Crippen LogP contribution in [0.4, 0.5) is 0 Å². The topological polar surface area (TPSA) is 74.3 Å². The minimum Gasteiger partial charge on any atom is -0.744 e. The molecule has 0 atom stereocenters. The fraction of sp³-hybridized carbons (Fsp3) is 0.714. The lowest BCUT2D eigenvalue weighted by Crippen LogP contribution is -2.03. The summed E-state index contributed by atoms with van der Waals surface area (Å²) in [6.07, 6.45) is 18.3. The first-order valence-corrected chi connectivity index (χ1v) is 14.2. The smallest absolute Gasteiger partial charge is 0.124 e. The summed E-state index contributed by atoms with van der Waals surface area (Å²) in [5.41, 5.74) is 0.664. The maximum Gasteiger partial charge on any atom is 0.124 e. The highest BCUT2D eigenvalue weighted by atomic mass is 32.2. The molecular formula is C21H38O4S2. The van der Waals surface area contributed by atoms with Crippen molar-refractivity contribution in [2.75, 3.05) is 18.8 Å². The second-order valence-electron chi connectivity index (χ2n) is 7.72. The molecule has 0 spiro atoms. The minimum atomic E-state index is -4.35. The van der Waals surface area contributed by atoms with Crippen molar-refractivity contribution < 1.29 is 17.2 Å². The van der Waals surface area contributed by atoms with Gasteiger partial charge in [0.05, 0.1) is 14.8 Å². The molecule has 6 heteroatoms. The average molecular weight is 419 g/mol. The molecule has 0 radical (unpaired) electrons. The molecule has 1 rings (SSSR count). The van der Waals surface area contributed by atoms with Gasteiger partial charge in [0.25, 0.3) is 0 Å². The molecule has 0 saturated carbocycles. The van der Waals surface area contributed by atoms with E-state index in [9.17, 15) is 17.2 Å². The Morgan fingerprint density at radius 2 is 1.22 bits per heavy atom. The molecule has 27 heavy (non-hydrogen) atoms. The molecular weight excluding hydrogens is 380 g/mol. The highest BCUT2D eigenvalue weighted by Gasteiger charge is 2.07. The average Bonchev–Trinajstić information content (AvgIpc) is 2.54. The summed E-state index contributed by atoms with van der Waals surface area (Å²) in [5.74, 6) is 0. The van der Waals surface area contributed by atoms with Gasteiger partial charge < -0.3 is 4.55 Å². The van der Waals surface area contributed by atoms with Crippen LogP contribution in [0, 0.1) is 0 Å². The Balaban J connectivity index is 0.00000119. The third kappa shape index (κ3) is 17.1. The Kier molecular flexibility index (Phi) is 13.9. The van der Waals surface area contributed by atoms with E-state index in [1.807, 2.05) is 0 Å². The fourth-order valence-corrected chi connectivity index (χ4v) is 3.49. The zero-order valence-corrected chi connectivity index (χ0v) is 19.2. The Morgan fingerprint density at radius 3 is 1.67 bits per heavy atom. The third-order valence-electron chi connectivity index (χ3n) is 4.04. The highest BCUT2D eigenvalue weighted by molar-refractivity contribution is 8.00. The van der Waals surface area contributed by atoms with E-state index in [-0.39, 0.29) is 4.90 Å². The molecule has 0 fully saturated rings. The van der Waals surface area contributed by atoms with Gasteiger partial charge in [0.15, 0.2) is 0 Å². The first kappa shape index (κ1) is 26.3. The van der Waals surface area contributed by atoms with Crippen molar-refractivity contribution in [3.05, 3.63) is 29.8 Å². The molecule has 0 aliphatic rings. The Labute approximate surface area is 168 Å². The van der Waals surface area contributed by atoms with E-state index in [0.29, 0.717) is 12.0 Å². The molecule has 158 valence electrons. The van der Waals surface area contributed by atoms with E-state index in [0.717, 1.165) is 12.8 Å². The molecule has 0 N–H and O–H groups in total. The van der Waals surface area contributed by atoms with E-state index in [2.05, 4.69) is 6.92 Å². The monoisotopic (exact) mass is 418 g/mol. The number of unbranched alkanes of at least 4 members (excludes halogenated alkanes) is 9. The lowest BCUT2D eigenvalue weighted by atomic mass is 10.0. The first-order valence-electron chi connectivity index (χ1n) is 9.98. The Hall–Kier alpha value is -0.720. The molecule has 0 aliphatic heterocycles. The van der Waals surface area contributed by atoms with Crippen LogP contribution in [0.5, 0.6) is 0 Å². The summed E-state index contributed by atoms with van der Waals surface area (Å²) in [5, 5.41) is 0. The van der Waals surface area contributed by atoms with Crippen LogP contribution < -0.4 is 0 Å². The summed E-state index contributed by atoms with van der Waals surface area (Å²) < 4.78 is 43.7. The summed E-state index contributed by atoms with van der Waals surface area (Å²) in [6, 6.07) is 6.56. The molecule has 1 aromatic carbocycles. The van der Waals surface area contributed by atoms with Crippen molar-refractivity contribution in [1.29, 1.82) is 0 Å². The van der Waals surface area contributed by atoms with Crippen LogP contribution >= 0.6 is 0 Å². The standard InChI is InChI=1S/C18H30O3S.C3H9OS/c1-2-3-4-5-6-7-8-9-10-11-14-17-15-12-13-16-18(17)22(19,20)21;1-5(2,3)4/h12-13,15-16H,2-11,14H2,1H3,(H,19,20,21);1-3H3/q;+1/p-1. The van der Waals surface area contributed by atoms with E-state index in [1.165, 1.54) is 57.4 Å². The predicted molar refractivity (Wildman–Crippen MR) is 116 cm³/mol. The van der Waals surface area contributed by atoms with E-state index < -0.39 is 20.1 Å². The summed E-state index contributed by atoms with van der Waals surface area (Å²) in [6.45, 7) is 2.23. The van der Waals surface area contributed by atoms with Crippen LogP contribution in [0.3, 0.4) is 0 Å². The summed E-state index contributed by atoms with van der Waals surface area (Å²) >= 11 is 0. The second kappa shape index (κ2) is 14.3. The Morgan fingerprint density at radius 1 is 0.815 bits per heavy atom. The van der Waals surface area contributed by atoms with Gasteiger partial charge in [-0.1, -0.05) is 82.9 Å². The number of benzene rings is 1. The number of rotatable bonds is 12. The maximum atomic E-state index is 11.2. The quantitative estimate of drug-likeness (QED) is 0.258. The van der Waals surface area contributed by atoms with Gasteiger partial charge in [0, 0.05) is 0 Å². The molecule has 0 unspecified atom stereocenters. The molecule has 0 amide bonds. The van der Waals surface area contributed by atoms with E-state index >= 15 is 0 Å². The van der Waals surface area contributed by atoms with Crippen molar-refractivity contribution in [3.8, 4) is 0 Å². The lowest BCUT2D eigenvalue weighted by molar-refractivity contribution is 0.461. The molecule has 1 aromatic rings. The number of hydrogen-bond donors (Lipinski definition) is 0. The summed E-state index contributed by atoms with van der Waals surface area (Å²) in [7, 11) is -5.76. The molecule has 4 nitrogen and oxygen atoms in total. The third-order valence-corrected chi connectivity index (χ3v) is 4.98. The predicted octanol–water partition coefficient (Wildman–Crippen LogP) is 5.43. The highest BCUT2D eigenvalue weighted by Crippen LogP contribution is 2.18. The normalized spacial score (nSPS) is 11.7. The van der Waals surface area contributed by atoms with Gasteiger partial charge in [-0.3, -0.25) is 0 Å². The Bertz CT molecular complexity index is 640. The molecule has 0 aromatic heterocycles. The first-order chi connectivity index (χ1) is 12.6. The van der Waals surface area contributed by atoms with Crippen LogP contribution in [0.1, 0.15) is 76.7 Å². The lowest BCUT2D eigenvalue weighted by Gasteiger charge is -2.12. The van der Waals surface area contributed by atoms with E-state index in [4.69, 9.17) is 0 Å². The van der Waals surface area contributed by atoms with Gasteiger partial charge >= 0.3 is 0 Å². The van der Waals surface area contributed by atoms with Crippen LogP contribution in [0.25, 0.3) is 0 Å². The molecule has 0 saturated heterocycles. The van der Waals surface area contributed by atoms with Crippen molar-refractivity contribution >= 4 is 20.1 Å². The molecule has 0 aliphatic carbocycles. The fourth-order valence-electron chi connectivity index (χ4n) is 2.76. The molecule has 0 bridgehead atoms. The SMILES string of the molecule is CCCCCCCCCCCCc1ccccc1S(=O)(=O)[O-].C[S+](C)(C)=O. The van der Waals surface area contributed by atoms with Gasteiger partial charge in [-0.2, -0.15) is 0 Å². The summed E-state index contributed by atoms with van der Waals surface area (Å²) in [4.78, 5) is -0.0501. The second-order valence-corrected chi connectivity index (χ2v) is 12.5. The van der Waals surface area contributed by atoms with Crippen LogP contribution in [0.2, 0.25) is 0 Å². The van der Waals surface area contributed by atoms with Gasteiger partial charge in [0.1, 0.15) is 28.9 Å². The zero-order chi connectivity index (χ0) is 20.8. The van der Waals surface area contributed by atoms with Crippen molar-refractivity contribution in [3.63, 3.8) is 0 Å². The largest absolute Gasteiger partial charge is 0.744 e. The van der Waals surface area contributed by atoms with Gasteiger partial charge in [-0.15, -0.1) is 4.21 Å². The number of aryl methyl sites for hydroxylation is 1. The van der Waals surface area contributed by atoms with Crippen LogP contribution in [-0.4, -0.2) is 31.7 Å². The minimum absolute atomic E-state index is 0.0501. The van der Waals surface area contributed by atoms with Crippen molar-refractivity contribution in [1.82, 2.24) is 0 Å².